The number of anilines is 1. The van der Waals surface area contributed by atoms with E-state index in [9.17, 15) is 13.2 Å². The Hall–Kier alpha value is -1.56. The summed E-state index contributed by atoms with van der Waals surface area (Å²) in [6.45, 7) is 4.82. The molecule has 0 aromatic heterocycles. The lowest BCUT2D eigenvalue weighted by atomic mass is 10.3. The van der Waals surface area contributed by atoms with Crippen LogP contribution in [0, 0.1) is 0 Å². The topological polar surface area (TPSA) is 63.7 Å². The number of carbonyl (C=O) groups excluding carboxylic acids is 1. The minimum Gasteiger partial charge on any atom is -0.465 e. The Labute approximate surface area is 114 Å². The minimum atomic E-state index is -3.19. The average molecular weight is 285 g/mol. The van der Waals surface area contributed by atoms with Crippen LogP contribution in [-0.2, 0) is 19.4 Å². The molecule has 0 aliphatic carbocycles. The van der Waals surface area contributed by atoms with Crippen molar-refractivity contribution in [1.29, 1.82) is 0 Å². The number of esters is 1. The van der Waals surface area contributed by atoms with Gasteiger partial charge in [-0.2, -0.15) is 0 Å². The molecule has 0 unspecified atom stereocenters. The van der Waals surface area contributed by atoms with Gasteiger partial charge in [0, 0.05) is 18.5 Å². The molecule has 1 aromatic carbocycles. The van der Waals surface area contributed by atoms with E-state index in [1.54, 1.807) is 31.2 Å². The quantitative estimate of drug-likeness (QED) is 0.741. The summed E-state index contributed by atoms with van der Waals surface area (Å²) in [4.78, 5) is 13.5. The molecule has 6 heteroatoms. The molecule has 1 rings (SSSR count). The lowest BCUT2D eigenvalue weighted by Gasteiger charge is -2.22. The third-order valence-corrected chi connectivity index (χ3v) is 3.77. The summed E-state index contributed by atoms with van der Waals surface area (Å²) in [6, 6.07) is 6.47. The SMILES string of the molecule is CCOC(=O)CN(CC)c1ccc(S(C)(=O)=O)cc1. The van der Waals surface area contributed by atoms with Crippen molar-refractivity contribution in [1.82, 2.24) is 0 Å². The lowest BCUT2D eigenvalue weighted by molar-refractivity contribution is -0.141. The van der Waals surface area contributed by atoms with Gasteiger partial charge in [0.2, 0.25) is 0 Å². The number of sulfone groups is 1. The van der Waals surface area contributed by atoms with Crippen LogP contribution in [0.25, 0.3) is 0 Å². The largest absolute Gasteiger partial charge is 0.465 e. The van der Waals surface area contributed by atoms with E-state index in [1.165, 1.54) is 0 Å². The molecule has 5 nitrogen and oxygen atoms in total. The van der Waals surface area contributed by atoms with E-state index in [2.05, 4.69) is 0 Å². The summed E-state index contributed by atoms with van der Waals surface area (Å²) >= 11 is 0. The fraction of sp³-hybridized carbons (Fsp3) is 0.462. The zero-order chi connectivity index (χ0) is 14.5. The number of ether oxygens (including phenoxy) is 1. The van der Waals surface area contributed by atoms with E-state index in [-0.39, 0.29) is 17.4 Å². The Bertz CT molecular complexity index is 522. The van der Waals surface area contributed by atoms with Gasteiger partial charge in [-0.15, -0.1) is 0 Å². The van der Waals surface area contributed by atoms with Crippen molar-refractivity contribution in [2.45, 2.75) is 18.7 Å². The summed E-state index contributed by atoms with van der Waals surface area (Å²) in [5.41, 5.74) is 0.794. The summed E-state index contributed by atoms with van der Waals surface area (Å²) < 4.78 is 27.6. The lowest BCUT2D eigenvalue weighted by Crippen LogP contribution is -2.30. The molecule has 0 saturated heterocycles. The zero-order valence-electron chi connectivity index (χ0n) is 11.4. The van der Waals surface area contributed by atoms with E-state index in [4.69, 9.17) is 4.74 Å². The van der Waals surface area contributed by atoms with Crippen LogP contribution in [0.15, 0.2) is 29.2 Å². The van der Waals surface area contributed by atoms with Gasteiger partial charge in [0.15, 0.2) is 9.84 Å². The van der Waals surface area contributed by atoms with Crippen molar-refractivity contribution in [2.24, 2.45) is 0 Å². The molecular formula is C13H19NO4S. The van der Waals surface area contributed by atoms with Gasteiger partial charge in [-0.1, -0.05) is 0 Å². The summed E-state index contributed by atoms with van der Waals surface area (Å²) in [5, 5.41) is 0. The summed E-state index contributed by atoms with van der Waals surface area (Å²) in [7, 11) is -3.19. The second-order valence-corrected chi connectivity index (χ2v) is 6.10. The molecule has 0 fully saturated rings. The first-order valence-electron chi connectivity index (χ1n) is 6.09. The second kappa shape index (κ2) is 6.56. The van der Waals surface area contributed by atoms with Gasteiger partial charge >= 0.3 is 5.97 Å². The third kappa shape index (κ3) is 4.55. The molecule has 0 saturated carbocycles. The highest BCUT2D eigenvalue weighted by atomic mass is 32.2. The fourth-order valence-corrected chi connectivity index (χ4v) is 2.28. The van der Waals surface area contributed by atoms with Crippen molar-refractivity contribution in [3.63, 3.8) is 0 Å². The van der Waals surface area contributed by atoms with E-state index in [0.717, 1.165) is 11.9 Å². The molecule has 0 N–H and O–H groups in total. The molecule has 0 aliphatic heterocycles. The van der Waals surface area contributed by atoms with Crippen LogP contribution in [0.5, 0.6) is 0 Å². The number of nitrogens with zero attached hydrogens (tertiary/aromatic N) is 1. The van der Waals surface area contributed by atoms with E-state index in [1.807, 2.05) is 11.8 Å². The van der Waals surface area contributed by atoms with Gasteiger partial charge in [-0.25, -0.2) is 8.42 Å². The molecule has 0 aliphatic rings. The molecule has 0 spiro atoms. The first-order valence-corrected chi connectivity index (χ1v) is 7.98. The fourth-order valence-electron chi connectivity index (χ4n) is 1.65. The smallest absolute Gasteiger partial charge is 0.325 e. The van der Waals surface area contributed by atoms with Gasteiger partial charge in [-0.3, -0.25) is 4.79 Å². The second-order valence-electron chi connectivity index (χ2n) is 4.09. The average Bonchev–Trinajstić information content (AvgIpc) is 2.35. The molecule has 106 valence electrons. The Morgan fingerprint density at radius 3 is 2.21 bits per heavy atom. The Morgan fingerprint density at radius 1 is 1.21 bits per heavy atom. The highest BCUT2D eigenvalue weighted by molar-refractivity contribution is 7.90. The highest BCUT2D eigenvalue weighted by Gasteiger charge is 2.12. The van der Waals surface area contributed by atoms with Crippen LogP contribution < -0.4 is 4.90 Å². The van der Waals surface area contributed by atoms with Crippen molar-refractivity contribution in [3.8, 4) is 0 Å². The maximum atomic E-state index is 11.5. The molecular weight excluding hydrogens is 266 g/mol. The van der Waals surface area contributed by atoms with Crippen molar-refractivity contribution < 1.29 is 17.9 Å². The molecule has 0 radical (unpaired) electrons. The number of likely N-dealkylation sites (N-methyl/N-ethyl adjacent to an activating group) is 1. The van der Waals surface area contributed by atoms with Crippen LogP contribution in [0.2, 0.25) is 0 Å². The molecule has 0 bridgehead atoms. The Kier molecular flexibility index (Phi) is 5.35. The molecule has 0 heterocycles. The normalized spacial score (nSPS) is 11.1. The molecule has 1 aromatic rings. The Morgan fingerprint density at radius 2 is 1.79 bits per heavy atom. The van der Waals surface area contributed by atoms with Gasteiger partial charge < -0.3 is 9.64 Å². The number of hydrogen-bond donors (Lipinski definition) is 0. The van der Waals surface area contributed by atoms with Gasteiger partial charge in [0.1, 0.15) is 6.54 Å². The monoisotopic (exact) mass is 285 g/mol. The van der Waals surface area contributed by atoms with Crippen LogP contribution in [0.3, 0.4) is 0 Å². The van der Waals surface area contributed by atoms with E-state index < -0.39 is 9.84 Å². The maximum Gasteiger partial charge on any atom is 0.325 e. The highest BCUT2D eigenvalue weighted by Crippen LogP contribution is 2.17. The summed E-state index contributed by atoms with van der Waals surface area (Å²) in [5.74, 6) is -0.295. The number of benzene rings is 1. The first-order chi connectivity index (χ1) is 8.88. The third-order valence-electron chi connectivity index (χ3n) is 2.64. The number of carbonyl (C=O) groups is 1. The predicted octanol–water partition coefficient (Wildman–Crippen LogP) is 1.48. The molecule has 0 amide bonds. The maximum absolute atomic E-state index is 11.5. The van der Waals surface area contributed by atoms with Gasteiger partial charge in [-0.05, 0) is 38.1 Å². The first kappa shape index (κ1) is 15.5. The number of rotatable bonds is 6. The molecule has 0 atom stereocenters. The van der Waals surface area contributed by atoms with Crippen LogP contribution in [0.1, 0.15) is 13.8 Å². The van der Waals surface area contributed by atoms with Gasteiger partial charge in [0.25, 0.3) is 0 Å². The molecule has 19 heavy (non-hydrogen) atoms. The van der Waals surface area contributed by atoms with Crippen molar-refractivity contribution in [3.05, 3.63) is 24.3 Å². The van der Waals surface area contributed by atoms with Gasteiger partial charge in [0.05, 0.1) is 11.5 Å². The zero-order valence-corrected chi connectivity index (χ0v) is 12.2. The van der Waals surface area contributed by atoms with Crippen LogP contribution >= 0.6 is 0 Å². The van der Waals surface area contributed by atoms with E-state index in [0.29, 0.717) is 13.2 Å². The summed E-state index contributed by atoms with van der Waals surface area (Å²) in [6.07, 6.45) is 1.16. The van der Waals surface area contributed by atoms with E-state index >= 15 is 0 Å². The van der Waals surface area contributed by atoms with Crippen LogP contribution in [-0.4, -0.2) is 40.3 Å². The minimum absolute atomic E-state index is 0.155. The Balaban J connectivity index is 2.85. The van der Waals surface area contributed by atoms with Crippen molar-refractivity contribution in [2.75, 3.05) is 30.9 Å². The predicted molar refractivity (Wildman–Crippen MR) is 74.1 cm³/mol. The number of hydrogen-bond acceptors (Lipinski definition) is 5. The van der Waals surface area contributed by atoms with Crippen molar-refractivity contribution >= 4 is 21.5 Å². The van der Waals surface area contributed by atoms with Crippen LogP contribution in [0.4, 0.5) is 5.69 Å². The standard InChI is InChI=1S/C13H19NO4S/c1-4-14(10-13(15)18-5-2)11-6-8-12(9-7-11)19(3,16)17/h6-9H,4-5,10H2,1-3H3.